The Labute approximate surface area is 197 Å². The number of anilines is 1. The van der Waals surface area contributed by atoms with E-state index in [1.54, 1.807) is 0 Å². The van der Waals surface area contributed by atoms with Crippen LogP contribution >= 0.6 is 0 Å². The second-order valence-electron chi connectivity index (χ2n) is 9.39. The predicted molar refractivity (Wildman–Crippen MR) is 129 cm³/mol. The molecule has 3 heterocycles. The molecule has 2 amide bonds. The minimum Gasteiger partial charge on any atom is -0.487 e. The van der Waals surface area contributed by atoms with Gasteiger partial charge in [0.2, 0.25) is 6.79 Å². The minimum atomic E-state index is -0.269. The number of hydrazone groups is 1. The van der Waals surface area contributed by atoms with Gasteiger partial charge in [-0.25, -0.2) is 9.80 Å². The number of nitrogens with one attached hydrogen (secondary N) is 1. The van der Waals surface area contributed by atoms with Crippen LogP contribution in [-0.2, 0) is 6.42 Å². The zero-order valence-corrected chi connectivity index (χ0v) is 19.1. The number of rotatable bonds is 3. The molecule has 3 aromatic rings. The molecule has 0 bridgehead atoms. The highest BCUT2D eigenvalue weighted by Gasteiger charge is 2.34. The lowest BCUT2D eigenvalue weighted by molar-refractivity contribution is 0.138. The number of nitrogens with zero attached hydrogens (tertiary/aromatic N) is 2. The zero-order valence-electron chi connectivity index (χ0n) is 19.1. The average molecular weight is 456 g/mol. The number of urea groups is 1. The Morgan fingerprint density at radius 3 is 2.65 bits per heavy atom. The van der Waals surface area contributed by atoms with Gasteiger partial charge in [0.15, 0.2) is 11.5 Å². The lowest BCUT2D eigenvalue weighted by Gasteiger charge is -2.17. The number of carbonyl (C=O) groups excluding carboxylic acids is 1. The molecule has 1 atom stereocenters. The number of hydrogen-bond acceptors (Lipinski definition) is 5. The highest BCUT2D eigenvalue weighted by Crippen LogP contribution is 2.38. The van der Waals surface area contributed by atoms with Crippen molar-refractivity contribution in [1.82, 2.24) is 5.01 Å². The largest absolute Gasteiger partial charge is 0.487 e. The van der Waals surface area contributed by atoms with Gasteiger partial charge in [-0.3, -0.25) is 0 Å². The van der Waals surface area contributed by atoms with Crippen molar-refractivity contribution in [2.45, 2.75) is 31.8 Å². The van der Waals surface area contributed by atoms with Crippen LogP contribution in [0, 0.1) is 0 Å². The Morgan fingerprint density at radius 1 is 1.00 bits per heavy atom. The van der Waals surface area contributed by atoms with E-state index < -0.39 is 0 Å². The van der Waals surface area contributed by atoms with Crippen LogP contribution in [-0.4, -0.2) is 35.7 Å². The number of ether oxygens (including phenoxy) is 3. The molecule has 3 aliphatic heterocycles. The normalized spacial score (nSPS) is 19.4. The predicted octanol–water partition coefficient (Wildman–Crippen LogP) is 5.16. The molecule has 0 fully saturated rings. The van der Waals surface area contributed by atoms with Crippen LogP contribution in [0.4, 0.5) is 10.5 Å². The van der Waals surface area contributed by atoms with Gasteiger partial charge in [0.05, 0.1) is 12.3 Å². The summed E-state index contributed by atoms with van der Waals surface area (Å²) in [5.74, 6) is 2.24. The number of carbonyl (C=O) groups is 1. The van der Waals surface area contributed by atoms with E-state index in [4.69, 9.17) is 19.3 Å². The second kappa shape index (κ2) is 7.80. The second-order valence-corrected chi connectivity index (χ2v) is 9.39. The fraction of sp³-hybridized carbons (Fsp3) is 0.259. The molecule has 0 saturated heterocycles. The van der Waals surface area contributed by atoms with Gasteiger partial charge in [-0.05, 0) is 55.3 Å². The Balaban J connectivity index is 1.27. The summed E-state index contributed by atoms with van der Waals surface area (Å²) in [6.45, 7) is 4.77. The molecule has 7 heteroatoms. The van der Waals surface area contributed by atoms with E-state index in [0.717, 1.165) is 51.8 Å². The first-order valence-electron chi connectivity index (χ1n) is 11.4. The van der Waals surface area contributed by atoms with Crippen molar-refractivity contribution >= 4 is 17.4 Å². The fourth-order valence-corrected chi connectivity index (χ4v) is 4.76. The molecule has 1 N–H and O–H groups in total. The van der Waals surface area contributed by atoms with Gasteiger partial charge >= 0.3 is 6.03 Å². The van der Waals surface area contributed by atoms with Crippen LogP contribution in [0.5, 0.6) is 17.2 Å². The van der Waals surface area contributed by atoms with E-state index in [1.807, 2.05) is 66.7 Å². The third-order valence-electron chi connectivity index (χ3n) is 6.33. The molecule has 172 valence electrons. The molecule has 6 rings (SSSR count). The molecule has 1 unspecified atom stereocenters. The third-order valence-corrected chi connectivity index (χ3v) is 6.33. The van der Waals surface area contributed by atoms with Crippen molar-refractivity contribution in [2.24, 2.45) is 5.10 Å². The van der Waals surface area contributed by atoms with Crippen LogP contribution in [0.2, 0.25) is 0 Å². The monoisotopic (exact) mass is 455 g/mol. The van der Waals surface area contributed by atoms with Gasteiger partial charge in [0.25, 0.3) is 0 Å². The molecule has 3 aromatic carbocycles. The van der Waals surface area contributed by atoms with Crippen LogP contribution < -0.4 is 19.5 Å². The first-order valence-corrected chi connectivity index (χ1v) is 11.4. The summed E-state index contributed by atoms with van der Waals surface area (Å²) in [4.78, 5) is 13.2. The maximum atomic E-state index is 13.2. The molecule has 0 aromatic heterocycles. The number of amides is 2. The minimum absolute atomic E-state index is 0.0862. The lowest BCUT2D eigenvalue weighted by Crippen LogP contribution is -2.30. The van der Waals surface area contributed by atoms with Crippen LogP contribution in [0.1, 0.15) is 36.5 Å². The van der Waals surface area contributed by atoms with E-state index in [2.05, 4.69) is 19.2 Å². The molecule has 0 spiro atoms. The third kappa shape index (κ3) is 3.73. The molecule has 0 radical (unpaired) electrons. The zero-order chi connectivity index (χ0) is 23.3. The lowest BCUT2D eigenvalue weighted by atomic mass is 9.90. The van der Waals surface area contributed by atoms with Crippen molar-refractivity contribution in [2.75, 3.05) is 18.7 Å². The van der Waals surface area contributed by atoms with Gasteiger partial charge in [0, 0.05) is 23.6 Å². The number of hydrogen-bond donors (Lipinski definition) is 1. The Bertz CT molecular complexity index is 1300. The molecule has 0 saturated carbocycles. The van der Waals surface area contributed by atoms with E-state index in [0.29, 0.717) is 6.54 Å². The van der Waals surface area contributed by atoms with E-state index in [-0.39, 0.29) is 24.3 Å². The van der Waals surface area contributed by atoms with Crippen molar-refractivity contribution in [3.8, 4) is 17.2 Å². The van der Waals surface area contributed by atoms with Crippen molar-refractivity contribution in [1.29, 1.82) is 0 Å². The summed E-state index contributed by atoms with van der Waals surface area (Å²) >= 11 is 0. The highest BCUT2D eigenvalue weighted by molar-refractivity contribution is 6.07. The number of fused-ring (bicyclic) bond motifs is 2. The summed E-state index contributed by atoms with van der Waals surface area (Å²) in [6.07, 6.45) is 0.804. The van der Waals surface area contributed by atoms with Crippen molar-refractivity contribution in [3.05, 3.63) is 83.4 Å². The van der Waals surface area contributed by atoms with E-state index in [9.17, 15) is 4.79 Å². The van der Waals surface area contributed by atoms with Crippen LogP contribution in [0.15, 0.2) is 71.8 Å². The summed E-state index contributed by atoms with van der Waals surface area (Å²) in [7, 11) is 0. The Kier molecular flexibility index (Phi) is 4.72. The molecule has 7 nitrogen and oxygen atoms in total. The standard InChI is InChI=1S/C27H25N3O4/c1-27(2)14-19-12-20(9-11-22(19)34-27)28-26(31)30-15-21(25(29-30)17-6-4-3-5-7-17)18-8-10-23-24(13-18)33-16-32-23/h3-13,21H,14-16H2,1-2H3,(H,28,31). The summed E-state index contributed by atoms with van der Waals surface area (Å²) in [5, 5.41) is 9.25. The van der Waals surface area contributed by atoms with Gasteiger partial charge in [-0.1, -0.05) is 36.4 Å². The average Bonchev–Trinajstić information content (AvgIpc) is 3.54. The molecular formula is C27H25N3O4. The smallest absolute Gasteiger partial charge is 0.342 e. The number of benzene rings is 3. The first kappa shape index (κ1) is 20.6. The van der Waals surface area contributed by atoms with Crippen LogP contribution in [0.3, 0.4) is 0 Å². The topological polar surface area (TPSA) is 72.4 Å². The van der Waals surface area contributed by atoms with E-state index in [1.165, 1.54) is 5.01 Å². The molecular weight excluding hydrogens is 430 g/mol. The molecule has 0 aliphatic carbocycles. The first-order chi connectivity index (χ1) is 16.4. The van der Waals surface area contributed by atoms with Gasteiger partial charge in [-0.15, -0.1) is 0 Å². The fourth-order valence-electron chi connectivity index (χ4n) is 4.76. The SMILES string of the molecule is CC1(C)Cc2cc(NC(=O)N3CC(c4ccc5c(c4)OCO5)C(c4ccccc4)=N3)ccc2O1. The van der Waals surface area contributed by atoms with Crippen molar-refractivity contribution < 1.29 is 19.0 Å². The van der Waals surface area contributed by atoms with Gasteiger partial charge in [-0.2, -0.15) is 5.10 Å². The van der Waals surface area contributed by atoms with Crippen molar-refractivity contribution in [3.63, 3.8) is 0 Å². The summed E-state index contributed by atoms with van der Waals surface area (Å²) < 4.78 is 17.0. The van der Waals surface area contributed by atoms with Gasteiger partial charge < -0.3 is 19.5 Å². The van der Waals surface area contributed by atoms with Crippen LogP contribution in [0.25, 0.3) is 0 Å². The Morgan fingerprint density at radius 2 is 1.79 bits per heavy atom. The van der Waals surface area contributed by atoms with E-state index >= 15 is 0 Å². The highest BCUT2D eigenvalue weighted by atomic mass is 16.7. The quantitative estimate of drug-likeness (QED) is 0.592. The Hall–Kier alpha value is -4.00. The maximum Gasteiger partial charge on any atom is 0.342 e. The summed E-state index contributed by atoms with van der Waals surface area (Å²) in [6, 6.07) is 21.4. The summed E-state index contributed by atoms with van der Waals surface area (Å²) in [5.41, 5.74) is 4.45. The molecule has 3 aliphatic rings. The maximum absolute atomic E-state index is 13.2. The van der Waals surface area contributed by atoms with Gasteiger partial charge in [0.1, 0.15) is 11.4 Å². The molecule has 34 heavy (non-hydrogen) atoms.